The lowest BCUT2D eigenvalue weighted by atomic mass is 10.1. The zero-order valence-corrected chi connectivity index (χ0v) is 10.4. The highest BCUT2D eigenvalue weighted by Crippen LogP contribution is 2.31. The topological polar surface area (TPSA) is 42.1 Å². The molecule has 3 nitrogen and oxygen atoms in total. The fourth-order valence-electron chi connectivity index (χ4n) is 2.28. The smallest absolute Gasteiger partial charge is 0.0463 e. The van der Waals surface area contributed by atoms with Crippen LogP contribution in [0.3, 0.4) is 0 Å². The van der Waals surface area contributed by atoms with Crippen molar-refractivity contribution in [1.82, 2.24) is 4.98 Å². The Morgan fingerprint density at radius 3 is 2.76 bits per heavy atom. The molecule has 0 spiro atoms. The van der Waals surface area contributed by atoms with Gasteiger partial charge in [0.1, 0.15) is 0 Å². The molecule has 1 fully saturated rings. The van der Waals surface area contributed by atoms with Gasteiger partial charge in [0.05, 0.1) is 0 Å². The lowest BCUT2D eigenvalue weighted by Gasteiger charge is -2.29. The second-order valence-corrected chi connectivity index (χ2v) is 5.42. The molecule has 0 unspecified atom stereocenters. The van der Waals surface area contributed by atoms with Crippen LogP contribution in [0.15, 0.2) is 30.6 Å². The van der Waals surface area contributed by atoms with E-state index < -0.39 is 0 Å². The Morgan fingerprint density at radius 2 is 1.94 bits per heavy atom. The number of benzene rings is 1. The highest BCUT2D eigenvalue weighted by atomic mass is 32.2. The second kappa shape index (κ2) is 4.45. The number of pyridine rings is 1. The molecule has 2 heterocycles. The number of hydrogen-bond donors (Lipinski definition) is 1. The fourth-order valence-corrected chi connectivity index (χ4v) is 3.18. The summed E-state index contributed by atoms with van der Waals surface area (Å²) < 4.78 is 0. The minimum absolute atomic E-state index is 0.831. The third-order valence-electron chi connectivity index (χ3n) is 3.18. The van der Waals surface area contributed by atoms with E-state index in [1.54, 1.807) is 6.20 Å². The van der Waals surface area contributed by atoms with Crippen LogP contribution in [0.2, 0.25) is 0 Å². The largest absolute Gasteiger partial charge is 0.398 e. The average Bonchev–Trinajstić information content (AvgIpc) is 2.41. The van der Waals surface area contributed by atoms with Gasteiger partial charge in [0.15, 0.2) is 0 Å². The van der Waals surface area contributed by atoms with Crippen LogP contribution in [0.4, 0.5) is 11.4 Å². The van der Waals surface area contributed by atoms with E-state index in [9.17, 15) is 0 Å². The van der Waals surface area contributed by atoms with Gasteiger partial charge in [0, 0.05) is 59.1 Å². The molecule has 0 bridgehead atoms. The zero-order chi connectivity index (χ0) is 11.7. The minimum atomic E-state index is 0.831. The summed E-state index contributed by atoms with van der Waals surface area (Å²) in [5.74, 6) is 2.40. The van der Waals surface area contributed by atoms with Crippen LogP contribution < -0.4 is 10.6 Å². The third kappa shape index (κ3) is 1.93. The normalized spacial score (nSPS) is 16.4. The van der Waals surface area contributed by atoms with Crippen molar-refractivity contribution in [2.75, 3.05) is 35.2 Å². The predicted octanol–water partition coefficient (Wildman–Crippen LogP) is 2.37. The van der Waals surface area contributed by atoms with Crippen molar-refractivity contribution in [1.29, 1.82) is 0 Å². The van der Waals surface area contributed by atoms with Crippen molar-refractivity contribution in [2.24, 2.45) is 0 Å². The van der Waals surface area contributed by atoms with E-state index in [-0.39, 0.29) is 0 Å². The van der Waals surface area contributed by atoms with Crippen LogP contribution in [0.1, 0.15) is 0 Å². The molecule has 1 aromatic carbocycles. The van der Waals surface area contributed by atoms with E-state index in [2.05, 4.69) is 16.0 Å². The predicted molar refractivity (Wildman–Crippen MR) is 75.7 cm³/mol. The van der Waals surface area contributed by atoms with Gasteiger partial charge in [0.2, 0.25) is 0 Å². The molecule has 0 atom stereocenters. The van der Waals surface area contributed by atoms with Gasteiger partial charge < -0.3 is 10.6 Å². The van der Waals surface area contributed by atoms with Gasteiger partial charge in [-0.15, -0.1) is 0 Å². The van der Waals surface area contributed by atoms with E-state index in [4.69, 9.17) is 5.73 Å². The molecule has 0 saturated carbocycles. The van der Waals surface area contributed by atoms with E-state index in [0.29, 0.717) is 0 Å². The number of nitrogens with two attached hydrogens (primary N) is 1. The SMILES string of the molecule is Nc1ccc(N2CCSCC2)c2cnccc12. The van der Waals surface area contributed by atoms with Gasteiger partial charge in [-0.2, -0.15) is 11.8 Å². The number of thioether (sulfide) groups is 1. The Bertz CT molecular complexity index is 535. The summed E-state index contributed by atoms with van der Waals surface area (Å²) in [5, 5.41) is 2.27. The Hall–Kier alpha value is -1.42. The summed E-state index contributed by atoms with van der Waals surface area (Å²) in [6.07, 6.45) is 3.72. The van der Waals surface area contributed by atoms with Crippen molar-refractivity contribution in [3.8, 4) is 0 Å². The van der Waals surface area contributed by atoms with Crippen LogP contribution in [0.25, 0.3) is 10.8 Å². The summed E-state index contributed by atoms with van der Waals surface area (Å²) >= 11 is 2.02. The average molecular weight is 245 g/mol. The number of hydrogen-bond acceptors (Lipinski definition) is 4. The Kier molecular flexibility index (Phi) is 2.81. The first-order valence-electron chi connectivity index (χ1n) is 5.81. The molecule has 2 aromatic rings. The van der Waals surface area contributed by atoms with Gasteiger partial charge in [-0.3, -0.25) is 4.98 Å². The molecule has 2 N–H and O–H groups in total. The van der Waals surface area contributed by atoms with Crippen molar-refractivity contribution >= 4 is 33.9 Å². The summed E-state index contributed by atoms with van der Waals surface area (Å²) in [6.45, 7) is 2.22. The first kappa shape index (κ1) is 10.7. The highest BCUT2D eigenvalue weighted by Gasteiger charge is 2.14. The molecule has 0 aliphatic carbocycles. The standard InChI is InChI=1S/C13H15N3S/c14-12-1-2-13(16-5-7-17-8-6-16)11-9-15-4-3-10(11)12/h1-4,9H,5-8,14H2. The molecule has 1 saturated heterocycles. The monoisotopic (exact) mass is 245 g/mol. The molecule has 3 rings (SSSR count). The van der Waals surface area contributed by atoms with Crippen molar-refractivity contribution in [3.05, 3.63) is 30.6 Å². The van der Waals surface area contributed by atoms with Gasteiger partial charge >= 0.3 is 0 Å². The third-order valence-corrected chi connectivity index (χ3v) is 4.12. The van der Waals surface area contributed by atoms with Crippen LogP contribution in [-0.4, -0.2) is 29.6 Å². The molecule has 1 aliphatic rings. The minimum Gasteiger partial charge on any atom is -0.398 e. The number of rotatable bonds is 1. The van der Waals surface area contributed by atoms with E-state index in [0.717, 1.165) is 24.2 Å². The van der Waals surface area contributed by atoms with Crippen LogP contribution in [-0.2, 0) is 0 Å². The van der Waals surface area contributed by atoms with Crippen molar-refractivity contribution in [3.63, 3.8) is 0 Å². The molecule has 0 radical (unpaired) electrons. The second-order valence-electron chi connectivity index (χ2n) is 4.19. The number of anilines is 2. The molecule has 17 heavy (non-hydrogen) atoms. The molecule has 88 valence electrons. The van der Waals surface area contributed by atoms with Crippen LogP contribution >= 0.6 is 11.8 Å². The van der Waals surface area contributed by atoms with Crippen LogP contribution in [0.5, 0.6) is 0 Å². The summed E-state index contributed by atoms with van der Waals surface area (Å²) in [4.78, 5) is 6.65. The first-order valence-corrected chi connectivity index (χ1v) is 6.96. The molecular weight excluding hydrogens is 230 g/mol. The Labute approximate surface area is 105 Å². The maximum Gasteiger partial charge on any atom is 0.0463 e. The number of nitrogen functional groups attached to an aromatic ring is 1. The highest BCUT2D eigenvalue weighted by molar-refractivity contribution is 7.99. The van der Waals surface area contributed by atoms with Gasteiger partial charge in [0.25, 0.3) is 0 Å². The van der Waals surface area contributed by atoms with E-state index in [1.807, 2.05) is 30.1 Å². The van der Waals surface area contributed by atoms with Crippen molar-refractivity contribution in [2.45, 2.75) is 0 Å². The zero-order valence-electron chi connectivity index (χ0n) is 9.60. The lowest BCUT2D eigenvalue weighted by molar-refractivity contribution is 0.863. The quantitative estimate of drug-likeness (QED) is 0.783. The molecule has 1 aromatic heterocycles. The van der Waals surface area contributed by atoms with Crippen LogP contribution in [0, 0.1) is 0 Å². The maximum absolute atomic E-state index is 6.00. The van der Waals surface area contributed by atoms with Gasteiger partial charge in [-0.05, 0) is 18.2 Å². The first-order chi connectivity index (χ1) is 8.36. The fraction of sp³-hybridized carbons (Fsp3) is 0.308. The Morgan fingerprint density at radius 1 is 1.12 bits per heavy atom. The Balaban J connectivity index is 2.12. The lowest BCUT2D eigenvalue weighted by Crippen LogP contribution is -2.32. The molecular formula is C13H15N3S. The van der Waals surface area contributed by atoms with Gasteiger partial charge in [-0.1, -0.05) is 0 Å². The summed E-state index contributed by atoms with van der Waals surface area (Å²) in [6, 6.07) is 6.11. The number of nitrogens with zero attached hydrogens (tertiary/aromatic N) is 2. The van der Waals surface area contributed by atoms with E-state index in [1.165, 1.54) is 22.6 Å². The summed E-state index contributed by atoms with van der Waals surface area (Å²) in [5.41, 5.74) is 8.10. The number of aromatic nitrogens is 1. The molecule has 0 amide bonds. The van der Waals surface area contributed by atoms with E-state index >= 15 is 0 Å². The molecule has 4 heteroatoms. The molecule has 1 aliphatic heterocycles. The van der Waals surface area contributed by atoms with Crippen molar-refractivity contribution < 1.29 is 0 Å². The summed E-state index contributed by atoms with van der Waals surface area (Å²) in [7, 11) is 0. The maximum atomic E-state index is 6.00. The van der Waals surface area contributed by atoms with Gasteiger partial charge in [-0.25, -0.2) is 0 Å². The number of fused-ring (bicyclic) bond motifs is 1.